The van der Waals surface area contributed by atoms with Gasteiger partial charge in [0.25, 0.3) is 5.91 Å². The largest absolute Gasteiger partial charge is 0.493 e. The number of ether oxygens (including phenoxy) is 1. The van der Waals surface area contributed by atoms with Gasteiger partial charge in [-0.25, -0.2) is 0 Å². The van der Waals surface area contributed by atoms with Gasteiger partial charge in [-0.05, 0) is 52.7 Å². The van der Waals surface area contributed by atoms with Crippen LogP contribution in [0, 0.1) is 0 Å². The predicted octanol–water partition coefficient (Wildman–Crippen LogP) is 5.14. The van der Waals surface area contributed by atoms with Crippen LogP contribution >= 0.6 is 27.5 Å². The van der Waals surface area contributed by atoms with Crippen LogP contribution in [0.1, 0.15) is 23.7 Å². The number of nitrogens with one attached hydrogen (secondary N) is 1. The summed E-state index contributed by atoms with van der Waals surface area (Å²) in [4.78, 5) is 12.4. The fourth-order valence-corrected chi connectivity index (χ4v) is 2.33. The molecule has 0 fully saturated rings. The Morgan fingerprint density at radius 2 is 2.05 bits per heavy atom. The van der Waals surface area contributed by atoms with E-state index in [-0.39, 0.29) is 5.91 Å². The molecule has 0 aliphatic heterocycles. The second-order valence-corrected chi connectivity index (χ2v) is 5.71. The standard InChI is InChI=1S/C16H15BrClNO2/c1-2-9-21-15-8-7-11(18)10-12(15)16(20)19-14-6-4-3-5-13(14)17/h3-8,10H,2,9H2,1H3,(H,19,20). The molecule has 3 nitrogen and oxygen atoms in total. The molecule has 0 saturated carbocycles. The van der Waals surface area contributed by atoms with Gasteiger partial charge in [-0.2, -0.15) is 0 Å². The fraction of sp³-hybridized carbons (Fsp3) is 0.188. The van der Waals surface area contributed by atoms with Crippen LogP contribution in [0.5, 0.6) is 5.75 Å². The van der Waals surface area contributed by atoms with Gasteiger partial charge >= 0.3 is 0 Å². The van der Waals surface area contributed by atoms with Gasteiger partial charge in [-0.15, -0.1) is 0 Å². The van der Waals surface area contributed by atoms with Gasteiger partial charge in [0.05, 0.1) is 17.9 Å². The molecule has 0 atom stereocenters. The van der Waals surface area contributed by atoms with E-state index in [0.29, 0.717) is 28.6 Å². The van der Waals surface area contributed by atoms with Crippen molar-refractivity contribution in [2.24, 2.45) is 0 Å². The van der Waals surface area contributed by atoms with Crippen LogP contribution in [0.25, 0.3) is 0 Å². The SMILES string of the molecule is CCCOc1ccc(Cl)cc1C(=O)Nc1ccccc1Br. The number of anilines is 1. The molecule has 0 saturated heterocycles. The number of halogens is 2. The molecule has 2 aromatic carbocycles. The van der Waals surface area contributed by atoms with Crippen molar-refractivity contribution in [2.45, 2.75) is 13.3 Å². The number of benzene rings is 2. The van der Waals surface area contributed by atoms with Gasteiger partial charge in [0, 0.05) is 9.50 Å². The lowest BCUT2D eigenvalue weighted by molar-refractivity contribution is 0.102. The maximum atomic E-state index is 12.4. The molecule has 0 spiro atoms. The molecule has 110 valence electrons. The summed E-state index contributed by atoms with van der Waals surface area (Å²) in [6.45, 7) is 2.56. The minimum atomic E-state index is -0.254. The number of rotatable bonds is 5. The summed E-state index contributed by atoms with van der Waals surface area (Å²) in [5.74, 6) is 0.279. The minimum Gasteiger partial charge on any atom is -0.493 e. The first-order valence-corrected chi connectivity index (χ1v) is 7.77. The quantitative estimate of drug-likeness (QED) is 0.793. The molecule has 0 bridgehead atoms. The van der Waals surface area contributed by atoms with Crippen LogP contribution in [-0.2, 0) is 0 Å². The second-order valence-electron chi connectivity index (χ2n) is 4.42. The number of hydrogen-bond donors (Lipinski definition) is 1. The number of hydrogen-bond acceptors (Lipinski definition) is 2. The molecule has 0 aliphatic carbocycles. The lowest BCUT2D eigenvalue weighted by atomic mass is 10.1. The van der Waals surface area contributed by atoms with Crippen molar-refractivity contribution < 1.29 is 9.53 Å². The van der Waals surface area contributed by atoms with Gasteiger partial charge in [0.2, 0.25) is 0 Å². The normalized spacial score (nSPS) is 10.2. The minimum absolute atomic E-state index is 0.254. The third kappa shape index (κ3) is 4.22. The Morgan fingerprint density at radius 1 is 1.29 bits per heavy atom. The first-order valence-electron chi connectivity index (χ1n) is 6.60. The average molecular weight is 369 g/mol. The molecule has 2 aromatic rings. The van der Waals surface area contributed by atoms with Crippen molar-refractivity contribution in [3.05, 3.63) is 57.5 Å². The third-order valence-corrected chi connectivity index (χ3v) is 3.70. The fourth-order valence-electron chi connectivity index (χ4n) is 1.77. The monoisotopic (exact) mass is 367 g/mol. The molecule has 0 radical (unpaired) electrons. The van der Waals surface area contributed by atoms with Crippen LogP contribution in [0.3, 0.4) is 0 Å². The van der Waals surface area contributed by atoms with E-state index in [0.717, 1.165) is 10.9 Å². The smallest absolute Gasteiger partial charge is 0.259 e. The van der Waals surface area contributed by atoms with Gasteiger partial charge in [-0.3, -0.25) is 4.79 Å². The lowest BCUT2D eigenvalue weighted by Gasteiger charge is -2.12. The summed E-state index contributed by atoms with van der Waals surface area (Å²) < 4.78 is 6.42. The summed E-state index contributed by atoms with van der Waals surface area (Å²) >= 11 is 9.38. The van der Waals surface area contributed by atoms with Crippen molar-refractivity contribution in [3.8, 4) is 5.75 Å². The van der Waals surface area contributed by atoms with Crippen LogP contribution in [-0.4, -0.2) is 12.5 Å². The highest BCUT2D eigenvalue weighted by molar-refractivity contribution is 9.10. The van der Waals surface area contributed by atoms with E-state index in [1.165, 1.54) is 0 Å². The van der Waals surface area contributed by atoms with Gasteiger partial charge in [0.1, 0.15) is 5.75 Å². The van der Waals surface area contributed by atoms with E-state index in [9.17, 15) is 4.79 Å². The molecule has 5 heteroatoms. The molecule has 0 heterocycles. The molecule has 21 heavy (non-hydrogen) atoms. The first-order chi connectivity index (χ1) is 10.1. The highest BCUT2D eigenvalue weighted by Gasteiger charge is 2.14. The summed E-state index contributed by atoms with van der Waals surface area (Å²) in [6.07, 6.45) is 0.869. The van der Waals surface area contributed by atoms with E-state index in [1.54, 1.807) is 18.2 Å². The Hall–Kier alpha value is -1.52. The number of carbonyl (C=O) groups is 1. The molecular weight excluding hydrogens is 354 g/mol. The Morgan fingerprint density at radius 3 is 2.76 bits per heavy atom. The number of carbonyl (C=O) groups excluding carboxylic acids is 1. The Balaban J connectivity index is 2.25. The highest BCUT2D eigenvalue weighted by atomic mass is 79.9. The molecule has 0 aliphatic rings. The summed E-state index contributed by atoms with van der Waals surface area (Å²) in [6, 6.07) is 12.5. The van der Waals surface area contributed by atoms with Gasteiger partial charge < -0.3 is 10.1 Å². The maximum Gasteiger partial charge on any atom is 0.259 e. The van der Waals surface area contributed by atoms with Crippen LogP contribution < -0.4 is 10.1 Å². The van der Waals surface area contributed by atoms with Crippen molar-refractivity contribution in [3.63, 3.8) is 0 Å². The summed E-state index contributed by atoms with van der Waals surface area (Å²) in [7, 11) is 0. The van der Waals surface area contributed by atoms with Crippen LogP contribution in [0.15, 0.2) is 46.9 Å². The van der Waals surface area contributed by atoms with Crippen LogP contribution in [0.2, 0.25) is 5.02 Å². The highest BCUT2D eigenvalue weighted by Crippen LogP contribution is 2.26. The van der Waals surface area contributed by atoms with E-state index in [2.05, 4.69) is 21.2 Å². The lowest BCUT2D eigenvalue weighted by Crippen LogP contribution is -2.14. The summed E-state index contributed by atoms with van der Waals surface area (Å²) in [5.41, 5.74) is 1.12. The topological polar surface area (TPSA) is 38.3 Å². The predicted molar refractivity (Wildman–Crippen MR) is 89.3 cm³/mol. The number of amides is 1. The van der Waals surface area contributed by atoms with E-state index in [4.69, 9.17) is 16.3 Å². The van der Waals surface area contributed by atoms with Crippen molar-refractivity contribution in [1.82, 2.24) is 0 Å². The Bertz CT molecular complexity index is 646. The Labute approximate surface area is 137 Å². The zero-order valence-electron chi connectivity index (χ0n) is 11.5. The molecule has 1 N–H and O–H groups in total. The van der Waals surface area contributed by atoms with Gasteiger partial charge in [-0.1, -0.05) is 30.7 Å². The van der Waals surface area contributed by atoms with Crippen molar-refractivity contribution >= 4 is 39.1 Å². The van der Waals surface area contributed by atoms with E-state index < -0.39 is 0 Å². The number of para-hydroxylation sites is 1. The average Bonchev–Trinajstić information content (AvgIpc) is 2.48. The molecule has 0 aromatic heterocycles. The van der Waals surface area contributed by atoms with Crippen LogP contribution in [0.4, 0.5) is 5.69 Å². The summed E-state index contributed by atoms with van der Waals surface area (Å²) in [5, 5.41) is 3.34. The molecular formula is C16H15BrClNO2. The van der Waals surface area contributed by atoms with Crippen molar-refractivity contribution in [1.29, 1.82) is 0 Å². The van der Waals surface area contributed by atoms with Gasteiger partial charge in [0.15, 0.2) is 0 Å². The zero-order valence-corrected chi connectivity index (χ0v) is 13.9. The zero-order chi connectivity index (χ0) is 15.2. The second kappa shape index (κ2) is 7.48. The molecule has 2 rings (SSSR count). The van der Waals surface area contributed by atoms with Crippen molar-refractivity contribution in [2.75, 3.05) is 11.9 Å². The molecule has 0 unspecified atom stereocenters. The Kier molecular flexibility index (Phi) is 5.65. The molecule has 1 amide bonds. The first kappa shape index (κ1) is 15.9. The maximum absolute atomic E-state index is 12.4. The van der Waals surface area contributed by atoms with E-state index >= 15 is 0 Å². The third-order valence-electron chi connectivity index (χ3n) is 2.77. The van der Waals surface area contributed by atoms with E-state index in [1.807, 2.05) is 31.2 Å².